The Balaban J connectivity index is 1.95. The number of amides is 1. The normalized spacial score (nSPS) is 15.6. The summed E-state index contributed by atoms with van der Waals surface area (Å²) in [5, 5.41) is 14.9. The van der Waals surface area contributed by atoms with Crippen molar-refractivity contribution in [2.24, 2.45) is 5.10 Å². The fraction of sp³-hybridized carbons (Fsp3) is 0.318. The van der Waals surface area contributed by atoms with Gasteiger partial charge in [0.25, 0.3) is 0 Å². The van der Waals surface area contributed by atoms with Gasteiger partial charge in [0.1, 0.15) is 0 Å². The van der Waals surface area contributed by atoms with Crippen molar-refractivity contribution in [1.29, 1.82) is 0 Å². The van der Waals surface area contributed by atoms with E-state index in [2.05, 4.69) is 21.0 Å². The number of benzene rings is 2. The lowest BCUT2D eigenvalue weighted by atomic mass is 9.97. The molecule has 0 saturated heterocycles. The second-order valence-corrected chi connectivity index (χ2v) is 7.76. The van der Waals surface area contributed by atoms with Crippen LogP contribution in [0.3, 0.4) is 0 Å². The summed E-state index contributed by atoms with van der Waals surface area (Å²) in [5.74, 6) is -0.0153. The largest absolute Gasteiger partial charge is 0.493 e. The third-order valence-electron chi connectivity index (χ3n) is 4.92. The maximum atomic E-state index is 12.9. The van der Waals surface area contributed by atoms with E-state index in [1.807, 2.05) is 36.4 Å². The molecule has 2 aromatic carbocycles. The van der Waals surface area contributed by atoms with Gasteiger partial charge < -0.3 is 14.6 Å². The van der Waals surface area contributed by atoms with Crippen molar-refractivity contribution in [3.63, 3.8) is 0 Å². The summed E-state index contributed by atoms with van der Waals surface area (Å²) in [5.41, 5.74) is 2.49. The quantitative estimate of drug-likeness (QED) is 0.612. The Morgan fingerprint density at radius 1 is 1.13 bits per heavy atom. The van der Waals surface area contributed by atoms with Crippen LogP contribution in [0.2, 0.25) is 0 Å². The molecular weight excluding hydrogens is 452 g/mol. The highest BCUT2D eigenvalue weighted by Gasteiger charge is 2.35. The van der Waals surface area contributed by atoms with Crippen molar-refractivity contribution in [2.45, 2.75) is 31.7 Å². The molecule has 3 rings (SSSR count). The molecule has 1 unspecified atom stereocenters. The molecule has 30 heavy (non-hydrogen) atoms. The molecule has 1 amide bonds. The zero-order valence-electron chi connectivity index (χ0n) is 16.8. The van der Waals surface area contributed by atoms with Crippen LogP contribution in [0, 0.1) is 0 Å². The number of carboxylic acid groups (broad SMARTS) is 1. The van der Waals surface area contributed by atoms with Gasteiger partial charge in [-0.25, -0.2) is 5.01 Å². The summed E-state index contributed by atoms with van der Waals surface area (Å²) >= 11 is 3.43. The summed E-state index contributed by atoms with van der Waals surface area (Å²) in [6, 6.07) is 12.9. The SMILES string of the molecule is COc1cccc(C2CC(c3ccc(Br)cc3)=NN2C(=O)CCCC(=O)O)c1OC. The van der Waals surface area contributed by atoms with Crippen LogP contribution >= 0.6 is 15.9 Å². The standard InChI is InChI=1S/C22H23BrN2O5/c1-29-19-6-3-5-16(22(19)30-2)18-13-17(14-9-11-15(23)12-10-14)24-25(18)20(26)7-4-8-21(27)28/h3,5-6,9-12,18H,4,7-8,13H2,1-2H3,(H,27,28). The molecule has 7 nitrogen and oxygen atoms in total. The predicted octanol–water partition coefficient (Wildman–Crippen LogP) is 4.40. The zero-order chi connectivity index (χ0) is 21.7. The minimum absolute atomic E-state index is 0.0595. The first-order chi connectivity index (χ1) is 14.4. The van der Waals surface area contributed by atoms with E-state index in [1.54, 1.807) is 20.3 Å². The average molecular weight is 475 g/mol. The monoisotopic (exact) mass is 474 g/mol. The number of nitrogens with zero attached hydrogens (tertiary/aromatic N) is 2. The molecule has 2 aromatic rings. The van der Waals surface area contributed by atoms with Crippen LogP contribution in [0.25, 0.3) is 0 Å². The Morgan fingerprint density at radius 3 is 2.50 bits per heavy atom. The highest BCUT2D eigenvalue weighted by molar-refractivity contribution is 9.10. The Bertz CT molecular complexity index is 959. The Hall–Kier alpha value is -2.87. The maximum absolute atomic E-state index is 12.9. The van der Waals surface area contributed by atoms with Gasteiger partial charge in [0.2, 0.25) is 5.91 Å². The molecular formula is C22H23BrN2O5. The number of hydrogen-bond donors (Lipinski definition) is 1. The zero-order valence-corrected chi connectivity index (χ0v) is 18.4. The lowest BCUT2D eigenvalue weighted by Gasteiger charge is -2.24. The smallest absolute Gasteiger partial charge is 0.303 e. The molecule has 1 N–H and O–H groups in total. The number of carbonyl (C=O) groups is 2. The highest BCUT2D eigenvalue weighted by atomic mass is 79.9. The molecule has 0 saturated carbocycles. The first-order valence-corrected chi connectivity index (χ1v) is 10.3. The number of rotatable bonds is 8. The van der Waals surface area contributed by atoms with Crippen LogP contribution in [-0.2, 0) is 9.59 Å². The predicted molar refractivity (Wildman–Crippen MR) is 116 cm³/mol. The minimum Gasteiger partial charge on any atom is -0.493 e. The van der Waals surface area contributed by atoms with Gasteiger partial charge in [-0.05, 0) is 30.2 Å². The number of aliphatic carboxylic acids is 1. The van der Waals surface area contributed by atoms with E-state index in [9.17, 15) is 9.59 Å². The number of ether oxygens (including phenoxy) is 2. The molecule has 158 valence electrons. The molecule has 0 fully saturated rings. The second kappa shape index (κ2) is 9.75. The number of hydrazone groups is 1. The fourth-order valence-electron chi connectivity index (χ4n) is 3.48. The third kappa shape index (κ3) is 4.81. The van der Waals surface area contributed by atoms with Crippen LogP contribution in [0.1, 0.15) is 42.9 Å². The van der Waals surface area contributed by atoms with Gasteiger partial charge >= 0.3 is 5.97 Å². The Labute approximate surface area is 183 Å². The first kappa shape index (κ1) is 21.8. The molecule has 1 aliphatic rings. The van der Waals surface area contributed by atoms with Crippen molar-refractivity contribution in [1.82, 2.24) is 5.01 Å². The molecule has 1 aliphatic heterocycles. The number of halogens is 1. The summed E-state index contributed by atoms with van der Waals surface area (Å²) in [6.45, 7) is 0. The van der Waals surface area contributed by atoms with E-state index in [1.165, 1.54) is 5.01 Å². The van der Waals surface area contributed by atoms with Gasteiger partial charge in [0.05, 0.1) is 26.0 Å². The van der Waals surface area contributed by atoms with Crippen LogP contribution in [-0.4, -0.2) is 41.9 Å². The molecule has 0 radical (unpaired) electrons. The topological polar surface area (TPSA) is 88.4 Å². The van der Waals surface area contributed by atoms with E-state index in [0.717, 1.165) is 21.3 Å². The molecule has 8 heteroatoms. The molecule has 0 aliphatic carbocycles. The van der Waals surface area contributed by atoms with Crippen LogP contribution in [0.15, 0.2) is 52.0 Å². The van der Waals surface area contributed by atoms with E-state index < -0.39 is 5.97 Å². The Kier molecular flexibility index (Phi) is 7.10. The molecule has 0 bridgehead atoms. The Morgan fingerprint density at radius 2 is 1.87 bits per heavy atom. The average Bonchev–Trinajstić information content (AvgIpc) is 3.18. The molecule has 0 aromatic heterocycles. The number of methoxy groups -OCH3 is 2. The van der Waals surface area contributed by atoms with Crippen molar-refractivity contribution < 1.29 is 24.2 Å². The number of carbonyl (C=O) groups excluding carboxylic acids is 1. The molecule has 0 spiro atoms. The lowest BCUT2D eigenvalue weighted by molar-refractivity contribution is -0.137. The maximum Gasteiger partial charge on any atom is 0.303 e. The van der Waals surface area contributed by atoms with Crippen LogP contribution in [0.4, 0.5) is 0 Å². The number of para-hydroxylation sites is 1. The summed E-state index contributed by atoms with van der Waals surface area (Å²) < 4.78 is 11.9. The van der Waals surface area contributed by atoms with Crippen molar-refractivity contribution in [3.05, 3.63) is 58.1 Å². The van der Waals surface area contributed by atoms with E-state index in [-0.39, 0.29) is 31.2 Å². The van der Waals surface area contributed by atoms with Gasteiger partial charge in [0, 0.05) is 29.3 Å². The van der Waals surface area contributed by atoms with Crippen LogP contribution < -0.4 is 9.47 Å². The summed E-state index contributed by atoms with van der Waals surface area (Å²) in [4.78, 5) is 23.8. The summed E-state index contributed by atoms with van der Waals surface area (Å²) in [6.07, 6.45) is 0.813. The van der Waals surface area contributed by atoms with Gasteiger partial charge in [-0.1, -0.05) is 40.2 Å². The molecule has 1 heterocycles. The lowest BCUT2D eigenvalue weighted by Crippen LogP contribution is -2.27. The third-order valence-corrected chi connectivity index (χ3v) is 5.45. The summed E-state index contributed by atoms with van der Waals surface area (Å²) in [7, 11) is 3.13. The minimum atomic E-state index is -0.922. The van der Waals surface area contributed by atoms with Gasteiger partial charge in [0.15, 0.2) is 11.5 Å². The number of carboxylic acids is 1. The van der Waals surface area contributed by atoms with Crippen LogP contribution in [0.5, 0.6) is 11.5 Å². The van der Waals surface area contributed by atoms with E-state index in [4.69, 9.17) is 14.6 Å². The first-order valence-electron chi connectivity index (χ1n) is 9.52. The van der Waals surface area contributed by atoms with E-state index >= 15 is 0 Å². The number of hydrogen-bond acceptors (Lipinski definition) is 5. The van der Waals surface area contributed by atoms with Gasteiger partial charge in [-0.3, -0.25) is 9.59 Å². The van der Waals surface area contributed by atoms with Crippen molar-refractivity contribution in [2.75, 3.05) is 14.2 Å². The van der Waals surface area contributed by atoms with Gasteiger partial charge in [-0.2, -0.15) is 5.10 Å². The molecule has 1 atom stereocenters. The highest BCUT2D eigenvalue weighted by Crippen LogP contribution is 2.42. The fourth-order valence-corrected chi connectivity index (χ4v) is 3.74. The van der Waals surface area contributed by atoms with Crippen molar-refractivity contribution in [3.8, 4) is 11.5 Å². The van der Waals surface area contributed by atoms with Crippen molar-refractivity contribution >= 4 is 33.5 Å². The van der Waals surface area contributed by atoms with E-state index in [0.29, 0.717) is 17.9 Å². The second-order valence-electron chi connectivity index (χ2n) is 6.84. The van der Waals surface area contributed by atoms with Gasteiger partial charge in [-0.15, -0.1) is 0 Å².